The van der Waals surface area contributed by atoms with Gasteiger partial charge in [0.05, 0.1) is 12.2 Å². The summed E-state index contributed by atoms with van der Waals surface area (Å²) < 4.78 is 10.7. The Kier molecular flexibility index (Phi) is 5.93. The minimum atomic E-state index is -0.0381. The maximum Gasteiger partial charge on any atom is 0.231 e. The highest BCUT2D eigenvalue weighted by molar-refractivity contribution is 5.81. The summed E-state index contributed by atoms with van der Waals surface area (Å²) in [6, 6.07) is 11.3. The smallest absolute Gasteiger partial charge is 0.231 e. The molecule has 2 amide bonds. The van der Waals surface area contributed by atoms with E-state index < -0.39 is 0 Å². The van der Waals surface area contributed by atoms with Crippen LogP contribution in [0.1, 0.15) is 36.9 Å². The van der Waals surface area contributed by atoms with Gasteiger partial charge in [-0.2, -0.15) is 0 Å². The number of fused-ring (bicyclic) bond motifs is 1. The monoisotopic (exact) mass is 395 g/mol. The minimum Gasteiger partial charge on any atom is -0.454 e. The number of nitrogens with one attached hydrogen (secondary N) is 2. The molecular formula is C22H25N3O4. The number of hydrogen-bond acceptors (Lipinski definition) is 5. The molecule has 7 nitrogen and oxygen atoms in total. The van der Waals surface area contributed by atoms with E-state index in [-0.39, 0.29) is 30.4 Å². The number of pyridine rings is 1. The van der Waals surface area contributed by atoms with E-state index in [0.29, 0.717) is 18.8 Å². The first-order chi connectivity index (χ1) is 14.2. The molecule has 0 spiro atoms. The fourth-order valence-corrected chi connectivity index (χ4v) is 3.83. The third-order valence-electron chi connectivity index (χ3n) is 5.54. The second kappa shape index (κ2) is 8.94. The number of benzene rings is 1. The van der Waals surface area contributed by atoms with Crippen LogP contribution in [0.15, 0.2) is 42.6 Å². The molecule has 1 aliphatic carbocycles. The molecule has 1 aromatic carbocycles. The maximum absolute atomic E-state index is 12.5. The molecule has 1 aliphatic heterocycles. The molecule has 2 aliphatic rings. The molecular weight excluding hydrogens is 370 g/mol. The Balaban J connectivity index is 1.19. The summed E-state index contributed by atoms with van der Waals surface area (Å²) >= 11 is 0. The van der Waals surface area contributed by atoms with E-state index >= 15 is 0 Å². The van der Waals surface area contributed by atoms with Gasteiger partial charge >= 0.3 is 0 Å². The van der Waals surface area contributed by atoms with Crippen molar-refractivity contribution in [1.29, 1.82) is 0 Å². The van der Waals surface area contributed by atoms with Crippen LogP contribution in [0.25, 0.3) is 0 Å². The van der Waals surface area contributed by atoms with Crippen molar-refractivity contribution in [2.24, 2.45) is 11.8 Å². The Bertz CT molecular complexity index is 864. The van der Waals surface area contributed by atoms with E-state index in [0.717, 1.165) is 42.7 Å². The van der Waals surface area contributed by atoms with Crippen molar-refractivity contribution in [3.8, 4) is 11.5 Å². The number of carbonyl (C=O) groups is 2. The molecule has 0 radical (unpaired) electrons. The summed E-state index contributed by atoms with van der Waals surface area (Å²) in [6.45, 7) is 1.14. The van der Waals surface area contributed by atoms with E-state index in [1.165, 1.54) is 0 Å². The summed E-state index contributed by atoms with van der Waals surface area (Å²) in [5, 5.41) is 5.96. The lowest BCUT2D eigenvalue weighted by molar-refractivity contribution is -0.130. The van der Waals surface area contributed by atoms with Crippen molar-refractivity contribution < 1.29 is 19.1 Å². The van der Waals surface area contributed by atoms with Crippen LogP contribution in [0.5, 0.6) is 11.5 Å². The first-order valence-electron chi connectivity index (χ1n) is 10.0. The molecule has 2 aromatic rings. The van der Waals surface area contributed by atoms with Crippen molar-refractivity contribution in [3.63, 3.8) is 0 Å². The van der Waals surface area contributed by atoms with Crippen molar-refractivity contribution in [2.45, 2.75) is 38.8 Å². The third kappa shape index (κ3) is 4.85. The number of carbonyl (C=O) groups excluding carboxylic acids is 2. The second-order valence-electron chi connectivity index (χ2n) is 7.49. The number of ether oxygens (including phenoxy) is 2. The van der Waals surface area contributed by atoms with Crippen LogP contribution < -0.4 is 20.1 Å². The van der Waals surface area contributed by atoms with E-state index in [1.54, 1.807) is 6.20 Å². The Morgan fingerprint density at radius 3 is 2.28 bits per heavy atom. The highest BCUT2D eigenvalue weighted by Gasteiger charge is 2.29. The van der Waals surface area contributed by atoms with Gasteiger partial charge in [0.2, 0.25) is 18.6 Å². The topological polar surface area (TPSA) is 89.5 Å². The molecule has 0 bridgehead atoms. The van der Waals surface area contributed by atoms with Crippen LogP contribution in [0.3, 0.4) is 0 Å². The summed E-state index contributed by atoms with van der Waals surface area (Å²) in [4.78, 5) is 29.1. The van der Waals surface area contributed by atoms with E-state index in [2.05, 4.69) is 15.6 Å². The summed E-state index contributed by atoms with van der Waals surface area (Å²) in [5.41, 5.74) is 1.82. The van der Waals surface area contributed by atoms with Crippen LogP contribution >= 0.6 is 0 Å². The van der Waals surface area contributed by atoms with Gasteiger partial charge in [0.15, 0.2) is 11.5 Å². The predicted molar refractivity (Wildman–Crippen MR) is 106 cm³/mol. The van der Waals surface area contributed by atoms with Crippen LogP contribution in [0.4, 0.5) is 0 Å². The molecule has 1 saturated carbocycles. The zero-order valence-corrected chi connectivity index (χ0v) is 16.2. The van der Waals surface area contributed by atoms with Crippen molar-refractivity contribution in [1.82, 2.24) is 15.6 Å². The molecule has 1 aromatic heterocycles. The van der Waals surface area contributed by atoms with Crippen molar-refractivity contribution >= 4 is 11.8 Å². The molecule has 29 heavy (non-hydrogen) atoms. The SMILES string of the molecule is O=C(NCc1ccc2c(c1)OCO2)C1CCC(C(=O)NCc2ccccn2)CC1. The molecule has 2 N–H and O–H groups in total. The summed E-state index contributed by atoms with van der Waals surface area (Å²) in [6.07, 6.45) is 4.64. The zero-order valence-electron chi connectivity index (χ0n) is 16.2. The number of rotatable bonds is 6. The Morgan fingerprint density at radius 1 is 0.897 bits per heavy atom. The van der Waals surface area contributed by atoms with Crippen LogP contribution in [0, 0.1) is 11.8 Å². The quantitative estimate of drug-likeness (QED) is 0.785. The molecule has 7 heteroatoms. The average molecular weight is 395 g/mol. The largest absolute Gasteiger partial charge is 0.454 e. The van der Waals surface area contributed by atoms with Gasteiger partial charge in [-0.25, -0.2) is 0 Å². The van der Waals surface area contributed by atoms with Crippen LogP contribution in [-0.2, 0) is 22.7 Å². The highest BCUT2D eigenvalue weighted by Crippen LogP contribution is 2.33. The van der Waals surface area contributed by atoms with E-state index in [1.807, 2.05) is 36.4 Å². The first kappa shape index (κ1) is 19.2. The van der Waals surface area contributed by atoms with Crippen molar-refractivity contribution in [2.75, 3.05) is 6.79 Å². The Hall–Kier alpha value is -3.09. The Labute approximate surface area is 169 Å². The molecule has 152 valence electrons. The van der Waals surface area contributed by atoms with Gasteiger partial charge in [0.25, 0.3) is 0 Å². The molecule has 2 heterocycles. The number of amides is 2. The van der Waals surface area contributed by atoms with Gasteiger partial charge in [-0.15, -0.1) is 0 Å². The zero-order chi connectivity index (χ0) is 20.1. The van der Waals surface area contributed by atoms with Gasteiger partial charge in [-0.1, -0.05) is 12.1 Å². The first-order valence-corrected chi connectivity index (χ1v) is 10.0. The lowest BCUT2D eigenvalue weighted by atomic mass is 9.81. The van der Waals surface area contributed by atoms with Gasteiger partial charge in [0.1, 0.15) is 0 Å². The van der Waals surface area contributed by atoms with E-state index in [4.69, 9.17) is 9.47 Å². The van der Waals surface area contributed by atoms with Crippen LogP contribution in [-0.4, -0.2) is 23.6 Å². The molecule has 0 unspecified atom stereocenters. The standard InChI is InChI=1S/C22H25N3O4/c26-21(24-12-15-4-9-19-20(11-15)29-14-28-19)16-5-7-17(8-6-16)22(27)25-13-18-3-1-2-10-23-18/h1-4,9-11,16-17H,5-8,12-14H2,(H,24,26)(H,25,27). The predicted octanol–water partition coefficient (Wildman–Crippen LogP) is 2.55. The summed E-state index contributed by atoms with van der Waals surface area (Å²) in [7, 11) is 0. The summed E-state index contributed by atoms with van der Waals surface area (Å²) in [5.74, 6) is 1.49. The fourth-order valence-electron chi connectivity index (χ4n) is 3.83. The lowest BCUT2D eigenvalue weighted by Gasteiger charge is -2.27. The third-order valence-corrected chi connectivity index (χ3v) is 5.54. The number of nitrogens with zero attached hydrogens (tertiary/aromatic N) is 1. The maximum atomic E-state index is 12.5. The number of hydrogen-bond donors (Lipinski definition) is 2. The van der Waals surface area contributed by atoms with Gasteiger partial charge in [-0.05, 0) is 55.5 Å². The number of aromatic nitrogens is 1. The highest BCUT2D eigenvalue weighted by atomic mass is 16.7. The molecule has 0 atom stereocenters. The van der Waals surface area contributed by atoms with E-state index in [9.17, 15) is 9.59 Å². The van der Waals surface area contributed by atoms with Crippen molar-refractivity contribution in [3.05, 3.63) is 53.9 Å². The second-order valence-corrected chi connectivity index (χ2v) is 7.49. The minimum absolute atomic E-state index is 0.0309. The molecule has 4 rings (SSSR count). The fraction of sp³-hybridized carbons (Fsp3) is 0.409. The van der Waals surface area contributed by atoms with Gasteiger partial charge < -0.3 is 20.1 Å². The molecule has 0 saturated heterocycles. The van der Waals surface area contributed by atoms with Crippen LogP contribution in [0.2, 0.25) is 0 Å². The van der Waals surface area contributed by atoms with Gasteiger partial charge in [-0.3, -0.25) is 14.6 Å². The average Bonchev–Trinajstić information content (AvgIpc) is 3.24. The Morgan fingerprint density at radius 2 is 1.59 bits per heavy atom. The van der Waals surface area contributed by atoms with Gasteiger partial charge in [0, 0.05) is 24.6 Å². The lowest BCUT2D eigenvalue weighted by Crippen LogP contribution is -2.37. The normalized spacial score (nSPS) is 20.1. The molecule has 1 fully saturated rings.